The molecule has 0 bridgehead atoms. The first-order valence-corrected chi connectivity index (χ1v) is 16.7. The molecule has 2 aliphatic rings. The molecular formula is C30H27N7O11S2. The van der Waals surface area contributed by atoms with Gasteiger partial charge in [-0.2, -0.15) is 0 Å². The van der Waals surface area contributed by atoms with Crippen molar-refractivity contribution in [2.75, 3.05) is 18.6 Å². The number of aromatic hydroxyl groups is 3. The summed E-state index contributed by atoms with van der Waals surface area (Å²) in [5, 5.41) is 55.2. The monoisotopic (exact) mass is 725 g/mol. The van der Waals surface area contributed by atoms with Crippen LogP contribution in [-0.4, -0.2) is 98.9 Å². The Hall–Kier alpha value is -5.60. The number of hydrogen-bond acceptors (Lipinski definition) is 15. The van der Waals surface area contributed by atoms with Gasteiger partial charge in [0.25, 0.3) is 17.5 Å². The SMILES string of the molecule is CCn1nnnc1SCC1=C(C(=O)O)N2C(=O)[C@](NC(=O)C(NC(=O)c3coc4cc(O)c(O)cc4c3=O)c3ccc(O)cc3)(OC)[C@@H]2SC1. The Kier molecular flexibility index (Phi) is 9.16. The maximum absolute atomic E-state index is 14.0. The number of carbonyl (C=O) groups excluding carboxylic acids is 3. The van der Waals surface area contributed by atoms with Crippen molar-refractivity contribution in [2.24, 2.45) is 0 Å². The third-order valence-electron chi connectivity index (χ3n) is 8.00. The molecule has 6 rings (SSSR count). The Morgan fingerprint density at radius 3 is 2.56 bits per heavy atom. The third-order valence-corrected chi connectivity index (χ3v) is 10.4. The van der Waals surface area contributed by atoms with E-state index in [0.29, 0.717) is 17.3 Å². The van der Waals surface area contributed by atoms with Crippen LogP contribution in [0, 0.1) is 0 Å². The number of amides is 3. The van der Waals surface area contributed by atoms with Crippen molar-refractivity contribution < 1.29 is 48.8 Å². The van der Waals surface area contributed by atoms with Crippen LogP contribution in [0.4, 0.5) is 0 Å². The lowest BCUT2D eigenvalue weighted by Crippen LogP contribution is -2.81. The normalized spacial score (nSPS) is 19.1. The topological polar surface area (TPSA) is 260 Å². The Morgan fingerprint density at radius 1 is 1.16 bits per heavy atom. The van der Waals surface area contributed by atoms with E-state index in [9.17, 15) is 44.4 Å². The fourth-order valence-electron chi connectivity index (χ4n) is 5.45. The van der Waals surface area contributed by atoms with Crippen molar-refractivity contribution in [1.82, 2.24) is 35.7 Å². The minimum atomic E-state index is -2.05. The largest absolute Gasteiger partial charge is 0.508 e. The van der Waals surface area contributed by atoms with E-state index in [2.05, 4.69) is 26.2 Å². The number of rotatable bonds is 11. The lowest BCUT2D eigenvalue weighted by Gasteiger charge is -2.56. The standard InChI is InChI=1S/C30H27N7O11S2/c1-3-36-29(33-34-35-36)50-12-14-11-49-28-30(47-2,27(46)37(28)22(14)26(44)45)32-25(43)21(13-4-6-15(38)7-5-13)31-24(42)17-10-48-20-9-19(40)18(39)8-16(20)23(17)41/h4-10,21,28,38-40H,3,11-12H2,1-2H3,(H,31,42)(H,32,43)(H,44,45)/t21?,28-,30-/m0/s1. The maximum Gasteiger partial charge on any atom is 0.352 e. The number of nitrogens with zero attached hydrogens (tertiary/aromatic N) is 5. The summed E-state index contributed by atoms with van der Waals surface area (Å²) in [4.78, 5) is 67.9. The van der Waals surface area contributed by atoms with Gasteiger partial charge in [0.1, 0.15) is 40.3 Å². The molecule has 0 radical (unpaired) electrons. The lowest BCUT2D eigenvalue weighted by atomic mass is 9.96. The number of β-lactam (4-membered cyclic amide) rings is 1. The van der Waals surface area contributed by atoms with Crippen LogP contribution in [0.5, 0.6) is 17.2 Å². The molecule has 2 aromatic heterocycles. The van der Waals surface area contributed by atoms with Gasteiger partial charge in [0.2, 0.25) is 16.5 Å². The van der Waals surface area contributed by atoms with Crippen molar-refractivity contribution in [1.29, 1.82) is 0 Å². The van der Waals surface area contributed by atoms with E-state index in [4.69, 9.17) is 9.15 Å². The summed E-state index contributed by atoms with van der Waals surface area (Å²) < 4.78 is 12.4. The minimum absolute atomic E-state index is 0.118. The molecule has 0 saturated carbocycles. The van der Waals surface area contributed by atoms with Crippen molar-refractivity contribution in [3.8, 4) is 17.2 Å². The summed E-state index contributed by atoms with van der Waals surface area (Å²) in [5.41, 5.74) is -3.31. The van der Waals surface area contributed by atoms with Crippen LogP contribution in [0.1, 0.15) is 28.9 Å². The highest BCUT2D eigenvalue weighted by atomic mass is 32.2. The van der Waals surface area contributed by atoms with Gasteiger partial charge >= 0.3 is 5.97 Å². The molecule has 0 aliphatic carbocycles. The number of fused-ring (bicyclic) bond motifs is 2. The van der Waals surface area contributed by atoms with Crippen LogP contribution in [0.3, 0.4) is 0 Å². The zero-order valence-electron chi connectivity index (χ0n) is 26.0. The zero-order chi connectivity index (χ0) is 35.9. The molecule has 2 aromatic carbocycles. The van der Waals surface area contributed by atoms with Crippen molar-refractivity contribution in [3.05, 3.63) is 75.3 Å². The van der Waals surface area contributed by atoms with Gasteiger partial charge in [-0.3, -0.25) is 24.1 Å². The summed E-state index contributed by atoms with van der Waals surface area (Å²) in [6.45, 7) is 2.34. The number of ether oxygens (including phenoxy) is 1. The lowest BCUT2D eigenvalue weighted by molar-refractivity contribution is -0.192. The highest BCUT2D eigenvalue weighted by Crippen LogP contribution is 2.47. The van der Waals surface area contributed by atoms with Gasteiger partial charge in [-0.15, -0.1) is 16.9 Å². The molecule has 6 N–H and O–H groups in total. The molecule has 260 valence electrons. The van der Waals surface area contributed by atoms with E-state index in [-0.39, 0.29) is 39.5 Å². The number of phenolic OH excluding ortho intramolecular Hbond substituents is 3. The Labute approximate surface area is 289 Å². The highest BCUT2D eigenvalue weighted by molar-refractivity contribution is 8.01. The zero-order valence-corrected chi connectivity index (χ0v) is 27.6. The fraction of sp³-hybridized carbons (Fsp3) is 0.267. The van der Waals surface area contributed by atoms with E-state index >= 15 is 0 Å². The van der Waals surface area contributed by atoms with E-state index < -0.39 is 63.3 Å². The molecule has 3 atom stereocenters. The maximum atomic E-state index is 14.0. The average molecular weight is 726 g/mol. The second-order valence-corrected chi connectivity index (χ2v) is 12.9. The van der Waals surface area contributed by atoms with Gasteiger partial charge in [-0.25, -0.2) is 9.48 Å². The summed E-state index contributed by atoms with van der Waals surface area (Å²) in [5.74, 6) is -5.30. The first-order chi connectivity index (χ1) is 23.9. The Balaban J connectivity index is 1.28. The number of carboxylic acid groups (broad SMARTS) is 1. The number of nitrogens with one attached hydrogen (secondary N) is 2. The van der Waals surface area contributed by atoms with E-state index in [1.165, 1.54) is 40.7 Å². The highest BCUT2D eigenvalue weighted by Gasteiger charge is 2.67. The molecule has 2 aliphatic heterocycles. The Bertz CT molecular complexity index is 2140. The number of thioether (sulfide) groups is 2. The molecule has 1 fully saturated rings. The predicted molar refractivity (Wildman–Crippen MR) is 174 cm³/mol. The van der Waals surface area contributed by atoms with E-state index in [1.54, 1.807) is 0 Å². The number of tetrazole rings is 1. The second-order valence-electron chi connectivity index (χ2n) is 10.9. The van der Waals surface area contributed by atoms with Crippen LogP contribution in [0.25, 0.3) is 11.0 Å². The van der Waals surface area contributed by atoms with E-state index in [0.717, 1.165) is 42.2 Å². The smallest absolute Gasteiger partial charge is 0.352 e. The van der Waals surface area contributed by atoms with Crippen molar-refractivity contribution >= 4 is 58.2 Å². The molecule has 0 spiro atoms. The number of aryl methyl sites for hydroxylation is 1. The van der Waals surface area contributed by atoms with Crippen LogP contribution in [0.15, 0.2) is 68.3 Å². The predicted octanol–water partition coefficient (Wildman–Crippen LogP) is 0.892. The van der Waals surface area contributed by atoms with Gasteiger partial charge in [-0.1, -0.05) is 23.9 Å². The summed E-state index contributed by atoms with van der Waals surface area (Å²) >= 11 is 2.35. The number of methoxy groups -OCH3 is 1. The molecule has 4 heterocycles. The van der Waals surface area contributed by atoms with Crippen LogP contribution < -0.4 is 16.1 Å². The number of phenols is 3. The number of aliphatic carboxylic acids is 1. The van der Waals surface area contributed by atoms with Crippen molar-refractivity contribution in [3.63, 3.8) is 0 Å². The summed E-state index contributed by atoms with van der Waals surface area (Å²) in [6.07, 6.45) is 0.823. The van der Waals surface area contributed by atoms with Crippen LogP contribution >= 0.6 is 23.5 Å². The minimum Gasteiger partial charge on any atom is -0.508 e. The molecule has 18 nitrogen and oxygen atoms in total. The molecule has 4 aromatic rings. The molecular weight excluding hydrogens is 699 g/mol. The molecule has 50 heavy (non-hydrogen) atoms. The number of aromatic nitrogens is 4. The Morgan fingerprint density at radius 2 is 1.88 bits per heavy atom. The van der Waals surface area contributed by atoms with Gasteiger partial charge in [0.05, 0.1) is 5.39 Å². The van der Waals surface area contributed by atoms with E-state index in [1.807, 2.05) is 6.92 Å². The molecule has 20 heteroatoms. The van der Waals surface area contributed by atoms with Gasteiger partial charge < -0.3 is 40.2 Å². The van der Waals surface area contributed by atoms with Gasteiger partial charge in [0.15, 0.2) is 11.5 Å². The van der Waals surface area contributed by atoms with Crippen molar-refractivity contribution in [2.45, 2.75) is 35.8 Å². The number of hydrogen-bond donors (Lipinski definition) is 6. The number of carboxylic acids is 1. The molecule has 3 amide bonds. The first kappa shape index (κ1) is 34.3. The quantitative estimate of drug-likeness (QED) is 0.0543. The average Bonchev–Trinajstić information content (AvgIpc) is 3.57. The third kappa shape index (κ3) is 5.86. The van der Waals surface area contributed by atoms with Crippen LogP contribution in [-0.2, 0) is 25.7 Å². The first-order valence-electron chi connectivity index (χ1n) is 14.6. The summed E-state index contributed by atoms with van der Waals surface area (Å²) in [7, 11) is 1.16. The number of carbonyl (C=O) groups is 4. The summed E-state index contributed by atoms with van der Waals surface area (Å²) in [6, 6.07) is 5.51. The fourth-order valence-corrected chi connectivity index (χ4v) is 7.96. The molecule has 1 saturated heterocycles. The molecule has 1 unspecified atom stereocenters. The number of benzene rings is 2. The van der Waals surface area contributed by atoms with Gasteiger partial charge in [0, 0.05) is 31.2 Å². The van der Waals surface area contributed by atoms with Gasteiger partial charge in [-0.05, 0) is 46.7 Å². The van der Waals surface area contributed by atoms with Crippen LogP contribution in [0.2, 0.25) is 0 Å². The second kappa shape index (κ2) is 13.4.